The third-order valence-corrected chi connectivity index (χ3v) is 3.93. The van der Waals surface area contributed by atoms with Gasteiger partial charge in [-0.15, -0.1) is 0 Å². The molecule has 1 aliphatic carbocycles. The Morgan fingerprint density at radius 2 is 1.84 bits per heavy atom. The number of carboxylic acids is 1. The van der Waals surface area contributed by atoms with Crippen molar-refractivity contribution in [3.05, 3.63) is 35.4 Å². The van der Waals surface area contributed by atoms with Crippen molar-refractivity contribution in [3.8, 4) is 0 Å². The summed E-state index contributed by atoms with van der Waals surface area (Å²) in [6.07, 6.45) is 8.69. The Morgan fingerprint density at radius 1 is 1.16 bits per heavy atom. The van der Waals surface area contributed by atoms with Crippen LogP contribution in [0.15, 0.2) is 24.3 Å². The van der Waals surface area contributed by atoms with Gasteiger partial charge in [-0.25, -0.2) is 4.79 Å². The summed E-state index contributed by atoms with van der Waals surface area (Å²) in [4.78, 5) is 11.1. The number of carbonyl (C=O) groups is 1. The molecule has 104 valence electrons. The van der Waals surface area contributed by atoms with Gasteiger partial charge < -0.3 is 10.4 Å². The minimum Gasteiger partial charge on any atom is -0.478 e. The number of nitrogens with one attached hydrogen (secondary N) is 1. The highest BCUT2D eigenvalue weighted by molar-refractivity contribution is 5.89. The van der Waals surface area contributed by atoms with Crippen LogP contribution in [0.1, 0.15) is 54.4 Å². The maximum atomic E-state index is 11.1. The minimum atomic E-state index is -0.829. The van der Waals surface area contributed by atoms with Crippen LogP contribution in [0.5, 0.6) is 0 Å². The van der Waals surface area contributed by atoms with Crippen molar-refractivity contribution < 1.29 is 9.90 Å². The number of carboxylic acid groups (broad SMARTS) is 1. The van der Waals surface area contributed by atoms with Gasteiger partial charge in [-0.2, -0.15) is 0 Å². The van der Waals surface area contributed by atoms with E-state index in [1.807, 2.05) is 12.1 Å². The van der Waals surface area contributed by atoms with Gasteiger partial charge in [0, 0.05) is 6.04 Å². The first-order chi connectivity index (χ1) is 9.27. The Balaban J connectivity index is 1.83. The van der Waals surface area contributed by atoms with E-state index in [9.17, 15) is 4.79 Å². The molecule has 2 N–H and O–H groups in total. The second-order valence-electron chi connectivity index (χ2n) is 5.35. The molecule has 2 rings (SSSR count). The van der Waals surface area contributed by atoms with E-state index < -0.39 is 5.97 Å². The first-order valence-corrected chi connectivity index (χ1v) is 7.32. The van der Waals surface area contributed by atoms with Crippen molar-refractivity contribution >= 4 is 5.97 Å². The number of aromatic carboxylic acids is 1. The summed E-state index contributed by atoms with van der Waals surface area (Å²) in [5.41, 5.74) is 1.36. The molecule has 3 nitrogen and oxygen atoms in total. The van der Waals surface area contributed by atoms with Crippen LogP contribution in [0, 0.1) is 0 Å². The third-order valence-electron chi connectivity index (χ3n) is 3.93. The van der Waals surface area contributed by atoms with E-state index in [0.29, 0.717) is 11.6 Å². The second-order valence-corrected chi connectivity index (χ2v) is 5.35. The largest absolute Gasteiger partial charge is 0.478 e. The van der Waals surface area contributed by atoms with E-state index in [-0.39, 0.29) is 0 Å². The van der Waals surface area contributed by atoms with Crippen molar-refractivity contribution in [1.82, 2.24) is 5.32 Å². The quantitative estimate of drug-likeness (QED) is 0.800. The van der Waals surface area contributed by atoms with Crippen molar-refractivity contribution in [2.75, 3.05) is 6.54 Å². The Labute approximate surface area is 115 Å². The highest BCUT2D eigenvalue weighted by atomic mass is 16.4. The SMILES string of the molecule is O=C(O)c1ccccc1CCNC1CCCCCC1. The maximum Gasteiger partial charge on any atom is 0.335 e. The molecule has 0 bridgehead atoms. The standard InChI is InChI=1S/C16H23NO2/c18-16(19)15-10-6-5-7-13(15)11-12-17-14-8-3-1-2-4-9-14/h5-7,10,14,17H,1-4,8-9,11-12H2,(H,18,19). The summed E-state index contributed by atoms with van der Waals surface area (Å²) in [5, 5.41) is 12.7. The Bertz CT molecular complexity index is 409. The molecule has 1 aromatic carbocycles. The van der Waals surface area contributed by atoms with Crippen LogP contribution in [-0.2, 0) is 6.42 Å². The Hall–Kier alpha value is -1.35. The van der Waals surface area contributed by atoms with Crippen LogP contribution < -0.4 is 5.32 Å². The molecule has 0 unspecified atom stereocenters. The average Bonchev–Trinajstić information content (AvgIpc) is 2.68. The lowest BCUT2D eigenvalue weighted by atomic mass is 10.0. The van der Waals surface area contributed by atoms with Gasteiger partial charge in [0.15, 0.2) is 0 Å². The summed E-state index contributed by atoms with van der Waals surface area (Å²) < 4.78 is 0. The fraction of sp³-hybridized carbons (Fsp3) is 0.562. The zero-order valence-corrected chi connectivity index (χ0v) is 11.4. The molecule has 0 spiro atoms. The van der Waals surface area contributed by atoms with Crippen LogP contribution in [0.2, 0.25) is 0 Å². The van der Waals surface area contributed by atoms with E-state index in [1.54, 1.807) is 12.1 Å². The maximum absolute atomic E-state index is 11.1. The van der Waals surface area contributed by atoms with Gasteiger partial charge in [-0.05, 0) is 37.4 Å². The van der Waals surface area contributed by atoms with Gasteiger partial charge >= 0.3 is 5.97 Å². The van der Waals surface area contributed by atoms with Crippen molar-refractivity contribution in [1.29, 1.82) is 0 Å². The molecule has 0 atom stereocenters. The molecule has 0 heterocycles. The van der Waals surface area contributed by atoms with E-state index in [4.69, 9.17) is 5.11 Å². The van der Waals surface area contributed by atoms with Gasteiger partial charge in [0.1, 0.15) is 0 Å². The first kappa shape index (κ1) is 14.1. The van der Waals surface area contributed by atoms with Crippen molar-refractivity contribution in [2.24, 2.45) is 0 Å². The number of hydrogen-bond donors (Lipinski definition) is 2. The summed E-state index contributed by atoms with van der Waals surface area (Å²) in [7, 11) is 0. The highest BCUT2D eigenvalue weighted by Gasteiger charge is 2.12. The zero-order chi connectivity index (χ0) is 13.5. The summed E-state index contributed by atoms with van der Waals surface area (Å²) in [6, 6.07) is 7.92. The number of hydrogen-bond acceptors (Lipinski definition) is 2. The molecule has 1 fully saturated rings. The minimum absolute atomic E-state index is 0.435. The number of rotatable bonds is 5. The fourth-order valence-corrected chi connectivity index (χ4v) is 2.84. The molecule has 0 aromatic heterocycles. The van der Waals surface area contributed by atoms with Gasteiger partial charge in [-0.3, -0.25) is 0 Å². The first-order valence-electron chi connectivity index (χ1n) is 7.32. The third kappa shape index (κ3) is 4.35. The monoisotopic (exact) mass is 261 g/mol. The molecule has 19 heavy (non-hydrogen) atoms. The van der Waals surface area contributed by atoms with Crippen molar-refractivity contribution in [3.63, 3.8) is 0 Å². The van der Waals surface area contributed by atoms with Crippen LogP contribution in [-0.4, -0.2) is 23.7 Å². The number of benzene rings is 1. The van der Waals surface area contributed by atoms with Crippen molar-refractivity contribution in [2.45, 2.75) is 51.0 Å². The van der Waals surface area contributed by atoms with Gasteiger partial charge in [-0.1, -0.05) is 43.9 Å². The fourth-order valence-electron chi connectivity index (χ4n) is 2.84. The molecule has 1 saturated carbocycles. The average molecular weight is 261 g/mol. The smallest absolute Gasteiger partial charge is 0.335 e. The van der Waals surface area contributed by atoms with Crippen LogP contribution in [0.4, 0.5) is 0 Å². The molecule has 0 amide bonds. The molecule has 0 saturated heterocycles. The lowest BCUT2D eigenvalue weighted by molar-refractivity contribution is 0.0695. The molecule has 1 aliphatic rings. The van der Waals surface area contributed by atoms with Crippen LogP contribution in [0.25, 0.3) is 0 Å². The Kier molecular flexibility index (Phi) is 5.40. The summed E-state index contributed by atoms with van der Waals surface area (Å²) in [5.74, 6) is -0.829. The van der Waals surface area contributed by atoms with Gasteiger partial charge in [0.2, 0.25) is 0 Å². The van der Waals surface area contributed by atoms with Crippen LogP contribution >= 0.6 is 0 Å². The molecular formula is C16H23NO2. The van der Waals surface area contributed by atoms with Gasteiger partial charge in [0.05, 0.1) is 5.56 Å². The molecule has 0 aliphatic heterocycles. The van der Waals surface area contributed by atoms with Gasteiger partial charge in [0.25, 0.3) is 0 Å². The highest BCUT2D eigenvalue weighted by Crippen LogP contribution is 2.17. The predicted octanol–water partition coefficient (Wildman–Crippen LogP) is 3.24. The Morgan fingerprint density at radius 3 is 2.53 bits per heavy atom. The zero-order valence-electron chi connectivity index (χ0n) is 11.4. The molecule has 1 aromatic rings. The summed E-state index contributed by atoms with van der Waals surface area (Å²) >= 11 is 0. The molecule has 0 radical (unpaired) electrons. The van der Waals surface area contributed by atoms with E-state index in [1.165, 1.54) is 38.5 Å². The van der Waals surface area contributed by atoms with E-state index in [2.05, 4.69) is 5.32 Å². The normalized spacial score (nSPS) is 17.1. The second kappa shape index (κ2) is 7.29. The van der Waals surface area contributed by atoms with Crippen LogP contribution in [0.3, 0.4) is 0 Å². The van der Waals surface area contributed by atoms with E-state index in [0.717, 1.165) is 18.5 Å². The molecule has 3 heteroatoms. The topological polar surface area (TPSA) is 49.3 Å². The van der Waals surface area contributed by atoms with E-state index >= 15 is 0 Å². The lowest BCUT2D eigenvalue weighted by Crippen LogP contribution is -2.30. The lowest BCUT2D eigenvalue weighted by Gasteiger charge is -2.16. The molecular weight excluding hydrogens is 238 g/mol. The predicted molar refractivity (Wildman–Crippen MR) is 76.6 cm³/mol. The summed E-state index contributed by atoms with van der Waals surface area (Å²) in [6.45, 7) is 0.870.